The predicted molar refractivity (Wildman–Crippen MR) is 92.1 cm³/mol. The molecule has 8 heteroatoms. The van der Waals surface area contributed by atoms with Crippen LogP contribution in [0, 0.1) is 0 Å². The maximum atomic E-state index is 11.4. The molecule has 1 aromatic carbocycles. The molecule has 1 aliphatic carbocycles. The van der Waals surface area contributed by atoms with Gasteiger partial charge in [-0.15, -0.1) is 0 Å². The van der Waals surface area contributed by atoms with Crippen molar-refractivity contribution in [1.82, 2.24) is 19.7 Å². The number of hydrogen-bond donors (Lipinski definition) is 2. The molecule has 0 atom stereocenters. The van der Waals surface area contributed by atoms with Gasteiger partial charge in [-0.05, 0) is 31.2 Å². The Kier molecular flexibility index (Phi) is 3.61. The van der Waals surface area contributed by atoms with Gasteiger partial charge >= 0.3 is 5.97 Å². The van der Waals surface area contributed by atoms with Crippen LogP contribution in [0.5, 0.6) is 0 Å². The molecule has 2 heterocycles. The molecule has 1 aliphatic rings. The van der Waals surface area contributed by atoms with Gasteiger partial charge in [-0.2, -0.15) is 5.10 Å². The van der Waals surface area contributed by atoms with E-state index < -0.39 is 5.97 Å². The van der Waals surface area contributed by atoms with Crippen LogP contribution in [0.3, 0.4) is 0 Å². The molecule has 0 spiro atoms. The normalized spacial score (nSPS) is 14.0. The number of carboxylic acid groups (broad SMARTS) is 1. The number of nitrogens with zero attached hydrogens (tertiary/aromatic N) is 4. The fourth-order valence-corrected chi connectivity index (χ4v) is 2.95. The third-order valence-corrected chi connectivity index (χ3v) is 4.48. The van der Waals surface area contributed by atoms with E-state index in [-0.39, 0.29) is 11.4 Å². The van der Waals surface area contributed by atoms with Gasteiger partial charge in [0.1, 0.15) is 5.56 Å². The summed E-state index contributed by atoms with van der Waals surface area (Å²) in [6, 6.07) is 8.35. The lowest BCUT2D eigenvalue weighted by molar-refractivity contribution is 0.0697. The molecule has 1 saturated carbocycles. The van der Waals surface area contributed by atoms with E-state index in [0.717, 1.165) is 23.7 Å². The standard InChI is InChI=1S/C16H15N5O2S/c1-24-16-17-8-11(15(22)23)13(19-16)18-14-10-4-2-3-5-12(10)21(20-14)9-6-7-9/h2-5,8-9H,6-7H2,1H3,(H,22,23)(H,17,18,19,20). The Hall–Kier alpha value is -2.61. The Labute approximate surface area is 142 Å². The van der Waals surface area contributed by atoms with Crippen molar-refractivity contribution < 1.29 is 9.90 Å². The zero-order valence-electron chi connectivity index (χ0n) is 12.9. The summed E-state index contributed by atoms with van der Waals surface area (Å²) in [6.45, 7) is 0. The van der Waals surface area contributed by atoms with Crippen molar-refractivity contribution in [3.63, 3.8) is 0 Å². The smallest absolute Gasteiger partial charge is 0.341 e. The van der Waals surface area contributed by atoms with Crippen LogP contribution in [-0.4, -0.2) is 37.1 Å². The zero-order valence-corrected chi connectivity index (χ0v) is 13.7. The maximum Gasteiger partial charge on any atom is 0.341 e. The molecule has 0 unspecified atom stereocenters. The number of fused-ring (bicyclic) bond motifs is 1. The first-order valence-corrected chi connectivity index (χ1v) is 8.78. The molecule has 1 fully saturated rings. The van der Waals surface area contributed by atoms with E-state index in [1.807, 2.05) is 35.2 Å². The Bertz CT molecular complexity index is 935. The maximum absolute atomic E-state index is 11.4. The van der Waals surface area contributed by atoms with Gasteiger partial charge in [-0.1, -0.05) is 23.9 Å². The number of nitrogens with one attached hydrogen (secondary N) is 1. The number of benzene rings is 1. The molecule has 0 saturated heterocycles. The number of rotatable bonds is 5. The highest BCUT2D eigenvalue weighted by atomic mass is 32.2. The Morgan fingerprint density at radius 1 is 1.33 bits per heavy atom. The molecular weight excluding hydrogens is 326 g/mol. The molecule has 2 aromatic heterocycles. The van der Waals surface area contributed by atoms with E-state index in [0.29, 0.717) is 17.0 Å². The quantitative estimate of drug-likeness (QED) is 0.543. The number of thioether (sulfide) groups is 1. The second-order valence-electron chi connectivity index (χ2n) is 5.59. The van der Waals surface area contributed by atoms with Gasteiger partial charge in [0.15, 0.2) is 16.8 Å². The van der Waals surface area contributed by atoms with Gasteiger partial charge in [0.25, 0.3) is 0 Å². The third kappa shape index (κ3) is 2.58. The number of carbonyl (C=O) groups is 1. The van der Waals surface area contributed by atoms with Gasteiger partial charge in [0.2, 0.25) is 0 Å². The van der Waals surface area contributed by atoms with E-state index in [4.69, 9.17) is 0 Å². The van der Waals surface area contributed by atoms with E-state index in [2.05, 4.69) is 20.4 Å². The highest BCUT2D eigenvalue weighted by molar-refractivity contribution is 7.98. The van der Waals surface area contributed by atoms with Crippen molar-refractivity contribution in [2.75, 3.05) is 11.6 Å². The van der Waals surface area contributed by atoms with Crippen LogP contribution < -0.4 is 5.32 Å². The molecule has 0 bridgehead atoms. The summed E-state index contributed by atoms with van der Waals surface area (Å²) in [5, 5.41) is 18.6. The number of aromatic carboxylic acids is 1. The van der Waals surface area contributed by atoms with Crippen LogP contribution in [0.4, 0.5) is 11.6 Å². The third-order valence-electron chi connectivity index (χ3n) is 3.92. The van der Waals surface area contributed by atoms with Crippen LogP contribution in [0.25, 0.3) is 10.9 Å². The minimum absolute atomic E-state index is 0.0258. The van der Waals surface area contributed by atoms with E-state index in [1.54, 1.807) is 0 Å². The van der Waals surface area contributed by atoms with Crippen LogP contribution in [0.15, 0.2) is 35.6 Å². The number of anilines is 2. The number of para-hydroxylation sites is 1. The number of hydrogen-bond acceptors (Lipinski definition) is 6. The average molecular weight is 341 g/mol. The lowest BCUT2D eigenvalue weighted by Crippen LogP contribution is -2.07. The van der Waals surface area contributed by atoms with Crippen molar-refractivity contribution in [3.05, 3.63) is 36.0 Å². The molecule has 122 valence electrons. The lowest BCUT2D eigenvalue weighted by atomic mass is 10.2. The molecule has 3 aromatic rings. The highest BCUT2D eigenvalue weighted by Gasteiger charge is 2.27. The van der Waals surface area contributed by atoms with Gasteiger partial charge in [-0.25, -0.2) is 14.8 Å². The number of carboxylic acids is 1. The zero-order chi connectivity index (χ0) is 16.7. The van der Waals surface area contributed by atoms with Gasteiger partial charge < -0.3 is 10.4 Å². The minimum Gasteiger partial charge on any atom is -0.477 e. The van der Waals surface area contributed by atoms with Crippen molar-refractivity contribution in [1.29, 1.82) is 0 Å². The van der Waals surface area contributed by atoms with E-state index in [1.165, 1.54) is 18.0 Å². The Morgan fingerprint density at radius 2 is 2.12 bits per heavy atom. The van der Waals surface area contributed by atoms with Crippen molar-refractivity contribution >= 4 is 40.3 Å². The topological polar surface area (TPSA) is 92.9 Å². The van der Waals surface area contributed by atoms with Gasteiger partial charge in [-0.3, -0.25) is 4.68 Å². The van der Waals surface area contributed by atoms with E-state index in [9.17, 15) is 9.90 Å². The first-order chi connectivity index (χ1) is 11.7. The largest absolute Gasteiger partial charge is 0.477 e. The van der Waals surface area contributed by atoms with Crippen LogP contribution >= 0.6 is 11.8 Å². The Morgan fingerprint density at radius 3 is 2.83 bits per heavy atom. The molecule has 24 heavy (non-hydrogen) atoms. The van der Waals surface area contributed by atoms with E-state index >= 15 is 0 Å². The van der Waals surface area contributed by atoms with Crippen LogP contribution in [0.1, 0.15) is 29.2 Å². The SMILES string of the molecule is CSc1ncc(C(=O)O)c(Nc2nn(C3CC3)c3ccccc23)n1. The molecule has 7 nitrogen and oxygen atoms in total. The summed E-state index contributed by atoms with van der Waals surface area (Å²) in [5.41, 5.74) is 1.07. The van der Waals surface area contributed by atoms with Crippen molar-refractivity contribution in [2.24, 2.45) is 0 Å². The molecule has 4 rings (SSSR count). The fraction of sp³-hybridized carbons (Fsp3) is 0.250. The Balaban J connectivity index is 1.81. The summed E-state index contributed by atoms with van der Waals surface area (Å²) < 4.78 is 2.01. The summed E-state index contributed by atoms with van der Waals surface area (Å²) in [5.74, 6) is -0.199. The van der Waals surface area contributed by atoms with Crippen molar-refractivity contribution in [2.45, 2.75) is 24.0 Å². The van der Waals surface area contributed by atoms with Crippen LogP contribution in [0.2, 0.25) is 0 Å². The summed E-state index contributed by atoms with van der Waals surface area (Å²) in [6.07, 6.45) is 5.41. The monoisotopic (exact) mass is 341 g/mol. The molecule has 0 amide bonds. The van der Waals surface area contributed by atoms with Crippen LogP contribution in [-0.2, 0) is 0 Å². The summed E-state index contributed by atoms with van der Waals surface area (Å²) in [4.78, 5) is 19.8. The first kappa shape index (κ1) is 14.9. The lowest BCUT2D eigenvalue weighted by Gasteiger charge is -2.07. The molecule has 0 radical (unpaired) electrons. The highest BCUT2D eigenvalue weighted by Crippen LogP contribution is 2.39. The van der Waals surface area contributed by atoms with Gasteiger partial charge in [0, 0.05) is 11.6 Å². The molecule has 0 aliphatic heterocycles. The molecule has 2 N–H and O–H groups in total. The number of aromatic nitrogens is 4. The average Bonchev–Trinajstić information content (AvgIpc) is 3.38. The second kappa shape index (κ2) is 5.79. The summed E-state index contributed by atoms with van der Waals surface area (Å²) in [7, 11) is 0. The van der Waals surface area contributed by atoms with Gasteiger partial charge in [0.05, 0.1) is 11.6 Å². The minimum atomic E-state index is -1.07. The van der Waals surface area contributed by atoms with Crippen molar-refractivity contribution in [3.8, 4) is 0 Å². The second-order valence-corrected chi connectivity index (χ2v) is 6.36. The predicted octanol–water partition coefficient (Wildman–Crippen LogP) is 3.32. The first-order valence-electron chi connectivity index (χ1n) is 7.56. The summed E-state index contributed by atoms with van der Waals surface area (Å²) >= 11 is 1.36. The molecular formula is C16H15N5O2S. The fourth-order valence-electron chi connectivity index (χ4n) is 2.61.